The van der Waals surface area contributed by atoms with E-state index in [1.807, 2.05) is 16.7 Å². The van der Waals surface area contributed by atoms with E-state index in [1.54, 1.807) is 12.1 Å². The van der Waals surface area contributed by atoms with Crippen LogP contribution in [0.5, 0.6) is 11.5 Å². The minimum atomic E-state index is -4.79. The van der Waals surface area contributed by atoms with Crippen LogP contribution >= 0.6 is 0 Å². The van der Waals surface area contributed by atoms with Crippen molar-refractivity contribution in [2.75, 3.05) is 0 Å². The second-order valence-electron chi connectivity index (χ2n) is 6.77. The van der Waals surface area contributed by atoms with Gasteiger partial charge in [0.25, 0.3) is 0 Å². The molecule has 0 N–H and O–H groups in total. The van der Waals surface area contributed by atoms with Crippen molar-refractivity contribution in [3.8, 4) is 22.9 Å². The predicted octanol–water partition coefficient (Wildman–Crippen LogP) is 6.55. The van der Waals surface area contributed by atoms with Gasteiger partial charge in [-0.25, -0.2) is 4.98 Å². The number of nitrogens with zero attached hydrogens (tertiary/aromatic N) is 2. The Balaban J connectivity index is 1.67. The molecule has 0 amide bonds. The Morgan fingerprint density at radius 3 is 1.78 bits per heavy atom. The average molecular weight is 452 g/mol. The van der Waals surface area contributed by atoms with Crippen LogP contribution in [-0.2, 0) is 6.54 Å². The third-order valence-corrected chi connectivity index (χ3v) is 4.50. The molecule has 0 aliphatic heterocycles. The fourth-order valence-electron chi connectivity index (χ4n) is 3.24. The van der Waals surface area contributed by atoms with Gasteiger partial charge in [-0.1, -0.05) is 24.3 Å². The summed E-state index contributed by atoms with van der Waals surface area (Å²) in [5, 5.41) is 0. The number of rotatable bonds is 5. The molecule has 10 heteroatoms. The molecule has 3 aromatic carbocycles. The largest absolute Gasteiger partial charge is 0.573 e. The molecule has 4 aromatic rings. The zero-order valence-electron chi connectivity index (χ0n) is 16.1. The van der Waals surface area contributed by atoms with Gasteiger partial charge in [0.05, 0.1) is 11.0 Å². The van der Waals surface area contributed by atoms with E-state index in [0.717, 1.165) is 5.52 Å². The lowest BCUT2D eigenvalue weighted by Crippen LogP contribution is -2.17. The number of hydrogen-bond acceptors (Lipinski definition) is 3. The number of benzene rings is 3. The Kier molecular flexibility index (Phi) is 5.45. The zero-order valence-corrected chi connectivity index (χ0v) is 16.1. The van der Waals surface area contributed by atoms with Crippen molar-refractivity contribution in [3.05, 3.63) is 78.4 Å². The van der Waals surface area contributed by atoms with Crippen molar-refractivity contribution >= 4 is 11.0 Å². The number of hydrogen-bond donors (Lipinski definition) is 0. The van der Waals surface area contributed by atoms with E-state index in [0.29, 0.717) is 22.5 Å². The molecule has 4 rings (SSSR count). The van der Waals surface area contributed by atoms with Crippen molar-refractivity contribution in [2.45, 2.75) is 19.3 Å². The summed E-state index contributed by atoms with van der Waals surface area (Å²) in [5.41, 5.74) is 2.65. The highest BCUT2D eigenvalue weighted by molar-refractivity contribution is 5.80. The van der Waals surface area contributed by atoms with Gasteiger partial charge in [-0.15, -0.1) is 26.3 Å². The Morgan fingerprint density at radius 1 is 0.688 bits per heavy atom. The molecule has 166 valence electrons. The lowest BCUT2D eigenvalue weighted by molar-refractivity contribution is -0.275. The van der Waals surface area contributed by atoms with Gasteiger partial charge in [-0.2, -0.15) is 0 Å². The van der Waals surface area contributed by atoms with Gasteiger partial charge in [0.15, 0.2) is 0 Å². The van der Waals surface area contributed by atoms with Crippen LogP contribution in [0.1, 0.15) is 5.56 Å². The molecule has 1 heterocycles. The standard InChI is InChI=1S/C22H14F6N2O2/c23-21(24,25)31-16-9-5-14(6-10-16)13-30-19-4-2-1-3-18(19)29-20(30)15-7-11-17(12-8-15)32-22(26,27)28/h1-12H,13H2. The molecule has 0 fully saturated rings. The van der Waals surface area contributed by atoms with Crippen molar-refractivity contribution in [1.29, 1.82) is 0 Å². The number of halogens is 6. The number of fused-ring (bicyclic) bond motifs is 1. The lowest BCUT2D eigenvalue weighted by Gasteiger charge is -2.12. The first kappa shape index (κ1) is 21.5. The molecule has 0 atom stereocenters. The van der Waals surface area contributed by atoms with Crippen molar-refractivity contribution < 1.29 is 35.8 Å². The summed E-state index contributed by atoms with van der Waals surface area (Å²) in [6.07, 6.45) is -9.58. The summed E-state index contributed by atoms with van der Waals surface area (Å²) in [5.74, 6) is -0.207. The van der Waals surface area contributed by atoms with E-state index in [2.05, 4.69) is 14.5 Å². The van der Waals surface area contributed by atoms with Gasteiger partial charge in [0, 0.05) is 12.1 Å². The fourth-order valence-corrected chi connectivity index (χ4v) is 3.24. The molecule has 0 bridgehead atoms. The van der Waals surface area contributed by atoms with Crippen LogP contribution < -0.4 is 9.47 Å². The highest BCUT2D eigenvalue weighted by atomic mass is 19.4. The summed E-state index contributed by atoms with van der Waals surface area (Å²) < 4.78 is 84.0. The van der Waals surface area contributed by atoms with E-state index in [4.69, 9.17) is 0 Å². The van der Waals surface area contributed by atoms with Crippen LogP contribution in [0, 0.1) is 0 Å². The van der Waals surface area contributed by atoms with Gasteiger partial charge >= 0.3 is 12.7 Å². The Morgan fingerprint density at radius 2 is 1.22 bits per heavy atom. The van der Waals surface area contributed by atoms with Crippen LogP contribution in [0.25, 0.3) is 22.4 Å². The maximum Gasteiger partial charge on any atom is 0.573 e. The van der Waals surface area contributed by atoms with Crippen molar-refractivity contribution in [1.82, 2.24) is 9.55 Å². The number of aromatic nitrogens is 2. The number of alkyl halides is 6. The second-order valence-corrected chi connectivity index (χ2v) is 6.77. The monoisotopic (exact) mass is 452 g/mol. The van der Waals surface area contributed by atoms with Gasteiger partial charge in [0.2, 0.25) is 0 Å². The lowest BCUT2D eigenvalue weighted by atomic mass is 10.1. The summed E-state index contributed by atoms with van der Waals surface area (Å²) in [4.78, 5) is 4.58. The molecule has 0 aliphatic rings. The minimum Gasteiger partial charge on any atom is -0.406 e. The molecule has 4 nitrogen and oxygen atoms in total. The summed E-state index contributed by atoms with van der Waals surface area (Å²) in [7, 11) is 0. The third-order valence-electron chi connectivity index (χ3n) is 4.50. The summed E-state index contributed by atoms with van der Waals surface area (Å²) >= 11 is 0. The molecule has 0 unspecified atom stereocenters. The molecule has 0 saturated heterocycles. The maximum absolute atomic E-state index is 12.4. The summed E-state index contributed by atoms with van der Waals surface area (Å²) in [6.45, 7) is 0.267. The fraction of sp³-hybridized carbons (Fsp3) is 0.136. The highest BCUT2D eigenvalue weighted by Crippen LogP contribution is 2.30. The Labute approximate surface area is 177 Å². The van der Waals surface area contributed by atoms with Gasteiger partial charge in [0.1, 0.15) is 17.3 Å². The molecular weight excluding hydrogens is 438 g/mol. The zero-order chi connectivity index (χ0) is 22.9. The van der Waals surface area contributed by atoms with Crippen LogP contribution in [0.3, 0.4) is 0 Å². The van der Waals surface area contributed by atoms with Gasteiger partial charge in [-0.3, -0.25) is 0 Å². The second kappa shape index (κ2) is 8.10. The van der Waals surface area contributed by atoms with Crippen LogP contribution in [0.15, 0.2) is 72.8 Å². The van der Waals surface area contributed by atoms with Crippen LogP contribution in [0.2, 0.25) is 0 Å². The molecular formula is C22H14F6N2O2. The van der Waals surface area contributed by atoms with Crippen LogP contribution in [0.4, 0.5) is 26.3 Å². The van der Waals surface area contributed by atoms with E-state index < -0.39 is 12.7 Å². The first-order chi connectivity index (χ1) is 15.1. The predicted molar refractivity (Wildman–Crippen MR) is 104 cm³/mol. The molecule has 0 aliphatic carbocycles. The first-order valence-corrected chi connectivity index (χ1v) is 9.23. The van der Waals surface area contributed by atoms with Crippen molar-refractivity contribution in [3.63, 3.8) is 0 Å². The molecule has 0 radical (unpaired) electrons. The maximum atomic E-state index is 12.4. The number of para-hydroxylation sites is 2. The van der Waals surface area contributed by atoms with Crippen LogP contribution in [-0.4, -0.2) is 22.3 Å². The van der Waals surface area contributed by atoms with Gasteiger partial charge in [-0.05, 0) is 54.1 Å². The van der Waals surface area contributed by atoms with E-state index in [1.165, 1.54) is 48.5 Å². The average Bonchev–Trinajstić information content (AvgIpc) is 3.06. The number of imidazole rings is 1. The quantitative estimate of drug-likeness (QED) is 0.322. The Hall–Kier alpha value is -3.69. The third kappa shape index (κ3) is 5.13. The molecule has 0 spiro atoms. The van der Waals surface area contributed by atoms with E-state index in [-0.39, 0.29) is 18.0 Å². The smallest absolute Gasteiger partial charge is 0.406 e. The molecule has 32 heavy (non-hydrogen) atoms. The van der Waals surface area contributed by atoms with E-state index >= 15 is 0 Å². The normalized spacial score (nSPS) is 12.2. The Bertz CT molecular complexity index is 1210. The first-order valence-electron chi connectivity index (χ1n) is 9.23. The topological polar surface area (TPSA) is 36.3 Å². The highest BCUT2D eigenvalue weighted by Gasteiger charge is 2.31. The van der Waals surface area contributed by atoms with Crippen molar-refractivity contribution in [2.24, 2.45) is 0 Å². The van der Waals surface area contributed by atoms with E-state index in [9.17, 15) is 26.3 Å². The molecule has 1 aromatic heterocycles. The minimum absolute atomic E-state index is 0.267. The summed E-state index contributed by atoms with van der Waals surface area (Å²) in [6, 6.07) is 17.9. The SMILES string of the molecule is FC(F)(F)Oc1ccc(Cn2c(-c3ccc(OC(F)(F)F)cc3)nc3ccccc32)cc1. The van der Waals surface area contributed by atoms with Gasteiger partial charge < -0.3 is 14.0 Å². The molecule has 0 saturated carbocycles. The number of ether oxygens (including phenoxy) is 2.